The number of halogens is 3. The summed E-state index contributed by atoms with van der Waals surface area (Å²) in [5.41, 5.74) is -0.404. The van der Waals surface area contributed by atoms with Gasteiger partial charge in [-0.15, -0.1) is 0 Å². The summed E-state index contributed by atoms with van der Waals surface area (Å²) < 4.78 is 37.8. The molecular weight excluding hydrogens is 301 g/mol. The summed E-state index contributed by atoms with van der Waals surface area (Å²) in [5, 5.41) is 11.0. The van der Waals surface area contributed by atoms with Crippen LogP contribution in [0.3, 0.4) is 0 Å². The molecule has 0 aliphatic heterocycles. The molecule has 0 atom stereocenters. The SMILES string of the molecule is CN(Cc1cccc(C(F)(F)F)c1)C(=O)NCCCC(=O)O. The first-order valence-electron chi connectivity index (χ1n) is 6.57. The fourth-order valence-corrected chi connectivity index (χ4v) is 1.76. The average molecular weight is 318 g/mol. The lowest BCUT2D eigenvalue weighted by atomic mass is 10.1. The summed E-state index contributed by atoms with van der Waals surface area (Å²) in [5.74, 6) is -0.952. The molecule has 0 spiro atoms. The zero-order valence-corrected chi connectivity index (χ0v) is 12.0. The van der Waals surface area contributed by atoms with Gasteiger partial charge in [0.2, 0.25) is 0 Å². The average Bonchev–Trinajstić information content (AvgIpc) is 2.42. The third-order valence-corrected chi connectivity index (χ3v) is 2.86. The van der Waals surface area contributed by atoms with Crippen molar-refractivity contribution < 1.29 is 27.9 Å². The van der Waals surface area contributed by atoms with Crippen LogP contribution in [0.1, 0.15) is 24.0 Å². The van der Waals surface area contributed by atoms with Crippen LogP contribution in [0.15, 0.2) is 24.3 Å². The van der Waals surface area contributed by atoms with E-state index in [9.17, 15) is 22.8 Å². The predicted molar refractivity (Wildman–Crippen MR) is 73.2 cm³/mol. The molecule has 122 valence electrons. The number of carboxylic acid groups (broad SMARTS) is 1. The van der Waals surface area contributed by atoms with Crippen LogP contribution >= 0.6 is 0 Å². The maximum Gasteiger partial charge on any atom is 0.416 e. The fourth-order valence-electron chi connectivity index (χ4n) is 1.76. The number of hydrogen-bond acceptors (Lipinski definition) is 2. The molecular formula is C14H17F3N2O3. The number of aliphatic carboxylic acids is 1. The molecule has 2 N–H and O–H groups in total. The molecule has 5 nitrogen and oxygen atoms in total. The van der Waals surface area contributed by atoms with Crippen molar-refractivity contribution in [3.8, 4) is 0 Å². The van der Waals surface area contributed by atoms with Crippen molar-refractivity contribution >= 4 is 12.0 Å². The van der Waals surface area contributed by atoms with Crippen LogP contribution in [0, 0.1) is 0 Å². The van der Waals surface area contributed by atoms with E-state index >= 15 is 0 Å². The molecule has 0 heterocycles. The number of carboxylic acids is 1. The lowest BCUT2D eigenvalue weighted by Crippen LogP contribution is -2.37. The highest BCUT2D eigenvalue weighted by Gasteiger charge is 2.30. The Morgan fingerprint density at radius 2 is 2.00 bits per heavy atom. The topological polar surface area (TPSA) is 69.6 Å². The summed E-state index contributed by atoms with van der Waals surface area (Å²) in [6.45, 7) is 0.215. The summed E-state index contributed by atoms with van der Waals surface area (Å²) >= 11 is 0. The Hall–Kier alpha value is -2.25. The largest absolute Gasteiger partial charge is 0.481 e. The normalized spacial score (nSPS) is 11.1. The third-order valence-electron chi connectivity index (χ3n) is 2.86. The Morgan fingerprint density at radius 3 is 2.59 bits per heavy atom. The molecule has 22 heavy (non-hydrogen) atoms. The number of hydrogen-bond donors (Lipinski definition) is 2. The number of carbonyl (C=O) groups is 2. The van der Waals surface area contributed by atoms with Gasteiger partial charge in [0.1, 0.15) is 0 Å². The van der Waals surface area contributed by atoms with E-state index in [0.717, 1.165) is 12.1 Å². The Kier molecular flexibility index (Phi) is 6.21. The molecule has 8 heteroatoms. The molecule has 0 radical (unpaired) electrons. The van der Waals surface area contributed by atoms with Gasteiger partial charge in [-0.05, 0) is 24.1 Å². The highest BCUT2D eigenvalue weighted by molar-refractivity contribution is 5.74. The van der Waals surface area contributed by atoms with E-state index in [-0.39, 0.29) is 19.5 Å². The number of alkyl halides is 3. The van der Waals surface area contributed by atoms with Gasteiger partial charge in [-0.25, -0.2) is 4.79 Å². The Balaban J connectivity index is 2.52. The highest BCUT2D eigenvalue weighted by atomic mass is 19.4. The summed E-state index contributed by atoms with van der Waals surface area (Å²) in [7, 11) is 1.45. The van der Waals surface area contributed by atoms with Crippen LogP contribution in [-0.2, 0) is 17.5 Å². The first-order chi connectivity index (χ1) is 10.2. The Morgan fingerprint density at radius 1 is 1.32 bits per heavy atom. The van der Waals surface area contributed by atoms with Crippen molar-refractivity contribution in [2.45, 2.75) is 25.6 Å². The van der Waals surface area contributed by atoms with Gasteiger partial charge in [0.15, 0.2) is 0 Å². The molecule has 2 amide bonds. The van der Waals surface area contributed by atoms with Gasteiger partial charge in [-0.2, -0.15) is 13.2 Å². The number of nitrogens with zero attached hydrogens (tertiary/aromatic N) is 1. The number of carbonyl (C=O) groups excluding carboxylic acids is 1. The van der Waals surface area contributed by atoms with Crippen LogP contribution < -0.4 is 5.32 Å². The predicted octanol–water partition coefficient (Wildman–Crippen LogP) is 2.71. The van der Waals surface area contributed by atoms with Crippen molar-refractivity contribution in [1.82, 2.24) is 10.2 Å². The standard InChI is InChI=1S/C14H17F3N2O3/c1-19(13(22)18-7-3-6-12(20)21)9-10-4-2-5-11(8-10)14(15,16)17/h2,4-5,8H,3,6-7,9H2,1H3,(H,18,22)(H,20,21). The summed E-state index contributed by atoms with van der Waals surface area (Å²) in [6.07, 6.45) is -4.19. The Bertz CT molecular complexity index is 532. The van der Waals surface area contributed by atoms with E-state index < -0.39 is 23.7 Å². The molecule has 1 rings (SSSR count). The summed E-state index contributed by atoms with van der Waals surface area (Å²) in [6, 6.07) is 4.28. The summed E-state index contributed by atoms with van der Waals surface area (Å²) in [4.78, 5) is 23.3. The number of nitrogens with one attached hydrogen (secondary N) is 1. The first kappa shape index (κ1) is 17.8. The Labute approximate surface area is 125 Å². The van der Waals surface area contributed by atoms with Crippen LogP contribution in [0.5, 0.6) is 0 Å². The molecule has 1 aromatic carbocycles. The van der Waals surface area contributed by atoms with Gasteiger partial charge < -0.3 is 15.3 Å². The van der Waals surface area contributed by atoms with E-state index in [1.165, 1.54) is 24.1 Å². The number of urea groups is 1. The monoisotopic (exact) mass is 318 g/mol. The van der Waals surface area contributed by atoms with E-state index in [0.29, 0.717) is 12.0 Å². The van der Waals surface area contributed by atoms with Crippen molar-refractivity contribution in [1.29, 1.82) is 0 Å². The van der Waals surface area contributed by atoms with Gasteiger partial charge in [0, 0.05) is 26.6 Å². The van der Waals surface area contributed by atoms with E-state index in [1.54, 1.807) is 0 Å². The zero-order chi connectivity index (χ0) is 16.8. The molecule has 0 saturated heterocycles. The lowest BCUT2D eigenvalue weighted by molar-refractivity contribution is -0.138. The minimum atomic E-state index is -4.42. The molecule has 1 aromatic rings. The lowest BCUT2D eigenvalue weighted by Gasteiger charge is -2.18. The maximum atomic E-state index is 12.6. The third kappa shape index (κ3) is 6.02. The maximum absolute atomic E-state index is 12.6. The van der Waals surface area contributed by atoms with Gasteiger partial charge in [0.05, 0.1) is 5.56 Å². The molecule has 0 unspecified atom stereocenters. The van der Waals surface area contributed by atoms with Gasteiger partial charge in [0.25, 0.3) is 0 Å². The smallest absolute Gasteiger partial charge is 0.416 e. The second-order valence-corrected chi connectivity index (χ2v) is 4.78. The van der Waals surface area contributed by atoms with Crippen LogP contribution in [-0.4, -0.2) is 35.6 Å². The number of benzene rings is 1. The molecule has 0 aliphatic carbocycles. The van der Waals surface area contributed by atoms with E-state index in [4.69, 9.17) is 5.11 Å². The van der Waals surface area contributed by atoms with Crippen molar-refractivity contribution in [2.24, 2.45) is 0 Å². The quantitative estimate of drug-likeness (QED) is 0.792. The van der Waals surface area contributed by atoms with Crippen molar-refractivity contribution in [3.63, 3.8) is 0 Å². The first-order valence-corrected chi connectivity index (χ1v) is 6.57. The van der Waals surface area contributed by atoms with Crippen molar-refractivity contribution in [3.05, 3.63) is 35.4 Å². The number of rotatable bonds is 6. The highest BCUT2D eigenvalue weighted by Crippen LogP contribution is 2.29. The molecule has 0 fully saturated rings. The van der Waals surface area contributed by atoms with Gasteiger partial charge in [-0.1, -0.05) is 12.1 Å². The van der Waals surface area contributed by atoms with Gasteiger partial charge >= 0.3 is 18.2 Å². The number of amides is 2. The van der Waals surface area contributed by atoms with Crippen LogP contribution in [0.4, 0.5) is 18.0 Å². The van der Waals surface area contributed by atoms with E-state index in [1.807, 2.05) is 0 Å². The van der Waals surface area contributed by atoms with Crippen molar-refractivity contribution in [2.75, 3.05) is 13.6 Å². The zero-order valence-electron chi connectivity index (χ0n) is 12.0. The second kappa shape index (κ2) is 7.67. The molecule has 0 aromatic heterocycles. The van der Waals surface area contributed by atoms with E-state index in [2.05, 4.69) is 5.32 Å². The molecule has 0 saturated carbocycles. The fraction of sp³-hybridized carbons (Fsp3) is 0.429. The van der Waals surface area contributed by atoms with Gasteiger partial charge in [-0.3, -0.25) is 4.79 Å². The minimum Gasteiger partial charge on any atom is -0.481 e. The molecule has 0 bridgehead atoms. The van der Waals surface area contributed by atoms with Crippen LogP contribution in [0.2, 0.25) is 0 Å². The van der Waals surface area contributed by atoms with Crippen LogP contribution in [0.25, 0.3) is 0 Å². The second-order valence-electron chi connectivity index (χ2n) is 4.78. The minimum absolute atomic E-state index is 0.0225. The molecule has 0 aliphatic rings.